The van der Waals surface area contributed by atoms with Gasteiger partial charge in [-0.05, 0) is 50.1 Å². The molecule has 0 unspecified atom stereocenters. The number of fused-ring (bicyclic) bond motifs is 1. The van der Waals surface area contributed by atoms with Crippen LogP contribution in [0.3, 0.4) is 0 Å². The van der Waals surface area contributed by atoms with Crippen LogP contribution in [-0.4, -0.2) is 59.3 Å². The van der Waals surface area contributed by atoms with Gasteiger partial charge in [-0.25, -0.2) is 9.69 Å². The number of aromatic nitrogens is 2. The Kier molecular flexibility index (Phi) is 5.18. The Balaban J connectivity index is 1.34. The number of hydrogen-bond donors (Lipinski definition) is 1. The van der Waals surface area contributed by atoms with Crippen LogP contribution in [0, 0.1) is 6.92 Å². The Labute approximate surface area is 188 Å². The van der Waals surface area contributed by atoms with E-state index in [1.54, 1.807) is 31.3 Å². The minimum absolute atomic E-state index is 0.0635. The lowest BCUT2D eigenvalue weighted by molar-refractivity contribution is -0.116. The third-order valence-electron chi connectivity index (χ3n) is 5.85. The Hall–Kier alpha value is -3.24. The van der Waals surface area contributed by atoms with E-state index in [9.17, 15) is 14.4 Å². The number of carbonyl (C=O) groups is 3. The summed E-state index contributed by atoms with van der Waals surface area (Å²) < 4.78 is 7.51. The molecule has 3 aromatic rings. The number of nitrogens with one attached hydrogen (secondary N) is 1. The van der Waals surface area contributed by atoms with Crippen LogP contribution in [-0.2, 0) is 9.53 Å². The van der Waals surface area contributed by atoms with Gasteiger partial charge in [0.25, 0.3) is 11.8 Å². The number of nitrogens with zero attached hydrogens (tertiary/aromatic N) is 4. The second-order valence-electron chi connectivity index (χ2n) is 8.07. The molecule has 2 saturated heterocycles. The molecule has 9 nitrogen and oxygen atoms in total. The van der Waals surface area contributed by atoms with Crippen LogP contribution in [0.1, 0.15) is 34.2 Å². The third kappa shape index (κ3) is 3.55. The van der Waals surface area contributed by atoms with E-state index < -0.39 is 0 Å². The van der Waals surface area contributed by atoms with Gasteiger partial charge in [-0.2, -0.15) is 5.10 Å². The van der Waals surface area contributed by atoms with Crippen molar-refractivity contribution in [3.05, 3.63) is 40.9 Å². The van der Waals surface area contributed by atoms with Crippen LogP contribution in [0.4, 0.5) is 16.2 Å². The molecule has 0 aliphatic carbocycles. The number of urea groups is 1. The normalized spacial score (nSPS) is 17.6. The summed E-state index contributed by atoms with van der Waals surface area (Å²) in [4.78, 5) is 41.2. The van der Waals surface area contributed by atoms with E-state index >= 15 is 0 Å². The number of thiophene rings is 1. The molecule has 32 heavy (non-hydrogen) atoms. The fraction of sp³-hybridized carbons (Fsp3) is 0.364. The first kappa shape index (κ1) is 20.7. The van der Waals surface area contributed by atoms with Crippen molar-refractivity contribution in [1.82, 2.24) is 14.7 Å². The van der Waals surface area contributed by atoms with Gasteiger partial charge in [0.05, 0.1) is 22.3 Å². The molecular weight excluding hydrogens is 430 g/mol. The maximum Gasteiger partial charge on any atom is 0.331 e. The molecule has 0 spiro atoms. The van der Waals surface area contributed by atoms with E-state index in [4.69, 9.17) is 9.84 Å². The lowest BCUT2D eigenvalue weighted by atomic mass is 10.1. The fourth-order valence-electron chi connectivity index (χ4n) is 4.12. The Morgan fingerprint density at radius 1 is 1.19 bits per heavy atom. The number of imide groups is 1. The van der Waals surface area contributed by atoms with Crippen LogP contribution in [0.25, 0.3) is 10.2 Å². The molecule has 4 heterocycles. The Morgan fingerprint density at radius 2 is 1.91 bits per heavy atom. The maximum atomic E-state index is 12.9. The van der Waals surface area contributed by atoms with E-state index in [2.05, 4.69) is 5.32 Å². The van der Waals surface area contributed by atoms with Crippen molar-refractivity contribution in [1.29, 1.82) is 0 Å². The molecule has 5 rings (SSSR count). The van der Waals surface area contributed by atoms with Gasteiger partial charge in [-0.1, -0.05) is 0 Å². The summed E-state index contributed by atoms with van der Waals surface area (Å²) in [7, 11) is 1.59. The fourth-order valence-corrected chi connectivity index (χ4v) is 5.25. The van der Waals surface area contributed by atoms with Crippen molar-refractivity contribution >= 4 is 50.8 Å². The number of benzene rings is 1. The highest BCUT2D eigenvalue weighted by molar-refractivity contribution is 7.20. The molecule has 4 amide bonds. The number of aryl methyl sites for hydroxylation is 1. The first-order chi connectivity index (χ1) is 15.4. The highest BCUT2D eigenvalue weighted by atomic mass is 32.1. The van der Waals surface area contributed by atoms with Crippen LogP contribution in [0.15, 0.2) is 30.3 Å². The Morgan fingerprint density at radius 3 is 2.56 bits per heavy atom. The number of ether oxygens (including phenoxy) is 1. The predicted molar refractivity (Wildman–Crippen MR) is 121 cm³/mol. The van der Waals surface area contributed by atoms with Crippen molar-refractivity contribution in [3.8, 4) is 0 Å². The number of likely N-dealkylation sites (N-methyl/N-ethyl adjacent to an activating group) is 1. The van der Waals surface area contributed by atoms with E-state index in [1.165, 1.54) is 16.2 Å². The quantitative estimate of drug-likeness (QED) is 0.611. The molecule has 2 aromatic heterocycles. The molecule has 2 fully saturated rings. The molecule has 166 valence electrons. The molecule has 10 heteroatoms. The van der Waals surface area contributed by atoms with Gasteiger partial charge in [0.1, 0.15) is 11.4 Å². The largest absolute Gasteiger partial charge is 0.381 e. The van der Waals surface area contributed by atoms with Crippen LogP contribution in [0.2, 0.25) is 0 Å². The van der Waals surface area contributed by atoms with E-state index in [-0.39, 0.29) is 30.4 Å². The van der Waals surface area contributed by atoms with E-state index in [0.29, 0.717) is 16.3 Å². The minimum atomic E-state index is -0.356. The first-order valence-corrected chi connectivity index (χ1v) is 11.3. The van der Waals surface area contributed by atoms with Crippen LogP contribution >= 0.6 is 11.3 Å². The predicted octanol–water partition coefficient (Wildman–Crippen LogP) is 3.41. The zero-order chi connectivity index (χ0) is 22.4. The van der Waals surface area contributed by atoms with Gasteiger partial charge in [0.2, 0.25) is 0 Å². The maximum absolute atomic E-state index is 12.9. The number of amides is 4. The van der Waals surface area contributed by atoms with Gasteiger partial charge < -0.3 is 15.0 Å². The van der Waals surface area contributed by atoms with Gasteiger partial charge in [-0.3, -0.25) is 14.3 Å². The highest BCUT2D eigenvalue weighted by Crippen LogP contribution is 2.33. The number of hydrogen-bond acceptors (Lipinski definition) is 6. The zero-order valence-corrected chi connectivity index (χ0v) is 18.6. The van der Waals surface area contributed by atoms with Crippen molar-refractivity contribution in [3.63, 3.8) is 0 Å². The van der Waals surface area contributed by atoms with Crippen molar-refractivity contribution in [2.45, 2.75) is 25.8 Å². The smallest absolute Gasteiger partial charge is 0.331 e. The Bertz CT molecular complexity index is 1210. The van der Waals surface area contributed by atoms with Crippen molar-refractivity contribution < 1.29 is 19.1 Å². The molecule has 0 bridgehead atoms. The van der Waals surface area contributed by atoms with Crippen LogP contribution < -0.4 is 10.2 Å². The second kappa shape index (κ2) is 8.03. The molecule has 1 aromatic carbocycles. The molecule has 2 aliphatic heterocycles. The minimum Gasteiger partial charge on any atom is -0.381 e. The summed E-state index contributed by atoms with van der Waals surface area (Å²) in [6.45, 7) is 3.48. The summed E-state index contributed by atoms with van der Waals surface area (Å²) >= 11 is 1.43. The lowest BCUT2D eigenvalue weighted by Gasteiger charge is -2.22. The number of anilines is 2. The van der Waals surface area contributed by atoms with Gasteiger partial charge >= 0.3 is 6.03 Å². The lowest BCUT2D eigenvalue weighted by Crippen LogP contribution is -2.31. The molecule has 0 radical (unpaired) electrons. The molecule has 1 N–H and O–H groups in total. The van der Waals surface area contributed by atoms with E-state index in [0.717, 1.165) is 46.9 Å². The number of carbonyl (C=O) groups excluding carboxylic acids is 3. The molecule has 0 saturated carbocycles. The summed E-state index contributed by atoms with van der Waals surface area (Å²) in [6.07, 6.45) is 1.83. The SMILES string of the molecule is Cc1nn(C2CCOCC2)c2sc(C(=O)Nc3ccc(N4C(=O)CN(C)C4=O)cc3)cc12. The van der Waals surface area contributed by atoms with Crippen molar-refractivity contribution in [2.24, 2.45) is 0 Å². The van der Waals surface area contributed by atoms with Gasteiger partial charge in [0, 0.05) is 31.3 Å². The first-order valence-electron chi connectivity index (χ1n) is 10.5. The molecular formula is C22H23N5O4S. The average molecular weight is 454 g/mol. The van der Waals surface area contributed by atoms with Crippen molar-refractivity contribution in [2.75, 3.05) is 37.0 Å². The third-order valence-corrected chi connectivity index (χ3v) is 6.98. The summed E-state index contributed by atoms with van der Waals surface area (Å²) in [6, 6.07) is 8.51. The zero-order valence-electron chi connectivity index (χ0n) is 17.8. The molecule has 0 atom stereocenters. The summed E-state index contributed by atoms with van der Waals surface area (Å²) in [5, 5.41) is 8.60. The topological polar surface area (TPSA) is 96.8 Å². The number of rotatable bonds is 4. The van der Waals surface area contributed by atoms with Gasteiger partial charge in [-0.15, -0.1) is 11.3 Å². The summed E-state index contributed by atoms with van der Waals surface area (Å²) in [5.41, 5.74) is 1.99. The average Bonchev–Trinajstić information content (AvgIpc) is 3.43. The van der Waals surface area contributed by atoms with Gasteiger partial charge in [0.15, 0.2) is 0 Å². The van der Waals surface area contributed by atoms with Crippen LogP contribution in [0.5, 0.6) is 0 Å². The molecule has 2 aliphatic rings. The second-order valence-corrected chi connectivity index (χ2v) is 9.10. The van der Waals surface area contributed by atoms with E-state index in [1.807, 2.05) is 17.7 Å². The summed E-state index contributed by atoms with van der Waals surface area (Å²) in [5.74, 6) is -0.474. The standard InChI is InChI=1S/C22H23N5O4S/c1-13-17-11-18(32-21(17)27(24-13)16-7-9-31-10-8-16)20(29)23-14-3-5-15(6-4-14)26-19(28)12-25(2)22(26)30/h3-6,11,16H,7-10,12H2,1-2H3,(H,23,29). The highest BCUT2D eigenvalue weighted by Gasteiger charge is 2.34. The monoisotopic (exact) mass is 453 g/mol.